The first kappa shape index (κ1) is 10.6. The zero-order valence-corrected chi connectivity index (χ0v) is 8.79. The maximum atomic E-state index is 5.68. The normalized spacial score (nSPS) is 33.6. The molecule has 0 spiro atoms. The van der Waals surface area contributed by atoms with Crippen LogP contribution in [0.15, 0.2) is 0 Å². The molecule has 2 heteroatoms. The summed E-state index contributed by atoms with van der Waals surface area (Å²) >= 11 is 0. The van der Waals surface area contributed by atoms with Gasteiger partial charge in [0.1, 0.15) is 0 Å². The number of likely N-dealkylation sites (N-methyl/N-ethyl adjacent to an activating group) is 1. The van der Waals surface area contributed by atoms with Gasteiger partial charge < -0.3 is 4.74 Å². The van der Waals surface area contributed by atoms with E-state index in [0.717, 1.165) is 19.4 Å². The molecule has 2 nitrogen and oxygen atoms in total. The lowest BCUT2D eigenvalue weighted by Crippen LogP contribution is -2.37. The summed E-state index contributed by atoms with van der Waals surface area (Å²) in [7, 11) is 2.12. The lowest BCUT2D eigenvalue weighted by Gasteiger charge is -2.25. The first-order chi connectivity index (χ1) is 6.15. The van der Waals surface area contributed by atoms with Gasteiger partial charge in [0.2, 0.25) is 0 Å². The summed E-state index contributed by atoms with van der Waals surface area (Å²) in [4.78, 5) is 2.31. The molecular formula is C11H19NO. The highest BCUT2D eigenvalue weighted by molar-refractivity contribution is 4.88. The molecule has 0 amide bonds. The van der Waals surface area contributed by atoms with Crippen LogP contribution in [0.5, 0.6) is 0 Å². The van der Waals surface area contributed by atoms with Crippen LogP contribution in [-0.2, 0) is 4.74 Å². The summed E-state index contributed by atoms with van der Waals surface area (Å²) in [6.07, 6.45) is 7.93. The van der Waals surface area contributed by atoms with Gasteiger partial charge >= 0.3 is 0 Å². The number of rotatable bonds is 3. The van der Waals surface area contributed by atoms with Crippen molar-refractivity contribution in [1.82, 2.24) is 4.90 Å². The second kappa shape index (κ2) is 4.64. The molecule has 0 aromatic carbocycles. The molecular weight excluding hydrogens is 162 g/mol. The van der Waals surface area contributed by atoms with Gasteiger partial charge in [0, 0.05) is 19.0 Å². The first-order valence-corrected chi connectivity index (χ1v) is 4.94. The zero-order chi connectivity index (χ0) is 9.84. The summed E-state index contributed by atoms with van der Waals surface area (Å²) in [5.41, 5.74) is 0. The molecule has 0 aromatic rings. The van der Waals surface area contributed by atoms with Crippen LogP contribution in [0.1, 0.15) is 26.7 Å². The van der Waals surface area contributed by atoms with Crippen molar-refractivity contribution < 1.29 is 4.74 Å². The smallest absolute Gasteiger partial charge is 0.0706 e. The monoisotopic (exact) mass is 181 g/mol. The van der Waals surface area contributed by atoms with Crippen molar-refractivity contribution in [3.63, 3.8) is 0 Å². The van der Waals surface area contributed by atoms with Gasteiger partial charge in [-0.25, -0.2) is 0 Å². The van der Waals surface area contributed by atoms with Crippen molar-refractivity contribution in [3.05, 3.63) is 0 Å². The summed E-state index contributed by atoms with van der Waals surface area (Å²) < 4.78 is 5.68. The topological polar surface area (TPSA) is 12.5 Å². The lowest BCUT2D eigenvalue weighted by atomic mass is 10.1. The largest absolute Gasteiger partial charge is 0.374 e. The lowest BCUT2D eigenvalue weighted by molar-refractivity contribution is 0.0461. The van der Waals surface area contributed by atoms with Gasteiger partial charge in [-0.15, -0.1) is 12.3 Å². The zero-order valence-electron chi connectivity index (χ0n) is 8.79. The van der Waals surface area contributed by atoms with Crippen LogP contribution in [0, 0.1) is 12.3 Å². The Kier molecular flexibility index (Phi) is 3.77. The summed E-state index contributed by atoms with van der Waals surface area (Å²) in [5, 5.41) is 0. The molecule has 13 heavy (non-hydrogen) atoms. The van der Waals surface area contributed by atoms with Crippen molar-refractivity contribution in [2.45, 2.75) is 44.9 Å². The maximum absolute atomic E-state index is 5.68. The fourth-order valence-corrected chi connectivity index (χ4v) is 1.99. The Bertz CT molecular complexity index is 197. The molecule has 0 aliphatic carbocycles. The quantitative estimate of drug-likeness (QED) is 0.612. The van der Waals surface area contributed by atoms with Crippen LogP contribution in [0.3, 0.4) is 0 Å². The Morgan fingerprint density at radius 1 is 1.54 bits per heavy atom. The van der Waals surface area contributed by atoms with Crippen molar-refractivity contribution in [2.24, 2.45) is 0 Å². The number of terminal acetylenes is 1. The van der Waals surface area contributed by atoms with E-state index in [1.807, 2.05) is 0 Å². The molecule has 1 saturated heterocycles. The third-order valence-corrected chi connectivity index (χ3v) is 2.74. The molecule has 3 atom stereocenters. The molecule has 0 radical (unpaired) electrons. The highest BCUT2D eigenvalue weighted by Gasteiger charge is 2.31. The van der Waals surface area contributed by atoms with Gasteiger partial charge in [-0.1, -0.05) is 0 Å². The number of hydrogen-bond acceptors (Lipinski definition) is 2. The Morgan fingerprint density at radius 2 is 2.23 bits per heavy atom. The average molecular weight is 181 g/mol. The van der Waals surface area contributed by atoms with E-state index in [9.17, 15) is 0 Å². The third kappa shape index (κ3) is 2.72. The number of ether oxygens (including phenoxy) is 1. The molecule has 0 N–H and O–H groups in total. The standard InChI is InChI=1S/C11H19NO/c1-5-6-7-12(4)11-8-9(2)13-10(11)3/h1,9-11H,6-8H2,2-4H3. The first-order valence-electron chi connectivity index (χ1n) is 4.94. The van der Waals surface area contributed by atoms with Crippen molar-refractivity contribution in [3.8, 4) is 12.3 Å². The van der Waals surface area contributed by atoms with Crippen LogP contribution in [0.25, 0.3) is 0 Å². The van der Waals surface area contributed by atoms with Gasteiger partial charge in [-0.3, -0.25) is 4.90 Å². The van der Waals surface area contributed by atoms with Gasteiger partial charge in [-0.05, 0) is 27.3 Å². The highest BCUT2D eigenvalue weighted by Crippen LogP contribution is 2.23. The Hall–Kier alpha value is -0.520. The van der Waals surface area contributed by atoms with Crippen LogP contribution < -0.4 is 0 Å². The molecule has 1 aliphatic heterocycles. The third-order valence-electron chi connectivity index (χ3n) is 2.74. The molecule has 0 saturated carbocycles. The van der Waals surface area contributed by atoms with E-state index in [4.69, 9.17) is 11.2 Å². The number of hydrogen-bond donors (Lipinski definition) is 0. The van der Waals surface area contributed by atoms with Gasteiger partial charge in [0.05, 0.1) is 12.2 Å². The molecule has 1 fully saturated rings. The minimum Gasteiger partial charge on any atom is -0.374 e. The molecule has 1 aliphatic rings. The predicted octanol–water partition coefficient (Wildman–Crippen LogP) is 1.51. The summed E-state index contributed by atoms with van der Waals surface area (Å²) in [6.45, 7) is 5.24. The van der Waals surface area contributed by atoms with Crippen LogP contribution >= 0.6 is 0 Å². The van der Waals surface area contributed by atoms with Crippen LogP contribution in [0.2, 0.25) is 0 Å². The molecule has 74 valence electrons. The van der Waals surface area contributed by atoms with E-state index in [0.29, 0.717) is 18.2 Å². The van der Waals surface area contributed by atoms with Crippen LogP contribution in [-0.4, -0.2) is 36.7 Å². The van der Waals surface area contributed by atoms with E-state index < -0.39 is 0 Å². The van der Waals surface area contributed by atoms with Gasteiger partial charge in [-0.2, -0.15) is 0 Å². The number of nitrogens with zero attached hydrogens (tertiary/aromatic N) is 1. The van der Waals surface area contributed by atoms with Crippen molar-refractivity contribution >= 4 is 0 Å². The van der Waals surface area contributed by atoms with E-state index in [-0.39, 0.29) is 0 Å². The minimum atomic E-state index is 0.345. The maximum Gasteiger partial charge on any atom is 0.0706 e. The summed E-state index contributed by atoms with van der Waals surface area (Å²) in [6, 6.07) is 0.545. The van der Waals surface area contributed by atoms with Gasteiger partial charge in [0.25, 0.3) is 0 Å². The van der Waals surface area contributed by atoms with Gasteiger partial charge in [0.15, 0.2) is 0 Å². The van der Waals surface area contributed by atoms with E-state index in [2.05, 4.69) is 31.7 Å². The second-order valence-electron chi connectivity index (χ2n) is 3.89. The van der Waals surface area contributed by atoms with E-state index in [1.165, 1.54) is 0 Å². The van der Waals surface area contributed by atoms with Crippen molar-refractivity contribution in [2.75, 3.05) is 13.6 Å². The molecule has 1 heterocycles. The van der Waals surface area contributed by atoms with E-state index in [1.54, 1.807) is 0 Å². The Balaban J connectivity index is 2.38. The highest BCUT2D eigenvalue weighted by atomic mass is 16.5. The van der Waals surface area contributed by atoms with Crippen molar-refractivity contribution in [1.29, 1.82) is 0 Å². The minimum absolute atomic E-state index is 0.345. The Morgan fingerprint density at radius 3 is 2.69 bits per heavy atom. The average Bonchev–Trinajstić information content (AvgIpc) is 2.41. The fraction of sp³-hybridized carbons (Fsp3) is 0.818. The predicted molar refractivity (Wildman–Crippen MR) is 54.5 cm³/mol. The Labute approximate surface area is 81.3 Å². The summed E-state index contributed by atoms with van der Waals surface area (Å²) in [5.74, 6) is 2.67. The molecule has 0 aromatic heterocycles. The molecule has 1 rings (SSSR count). The fourth-order valence-electron chi connectivity index (χ4n) is 1.99. The van der Waals surface area contributed by atoms with Crippen LogP contribution in [0.4, 0.5) is 0 Å². The molecule has 3 unspecified atom stereocenters. The second-order valence-corrected chi connectivity index (χ2v) is 3.89. The SMILES string of the molecule is C#CCCN(C)C1CC(C)OC1C. The van der Waals surface area contributed by atoms with E-state index >= 15 is 0 Å². The molecule has 0 bridgehead atoms.